The molecule has 3 rings (SSSR count). The number of carbonyl (C=O) groups excluding carboxylic acids is 1. The minimum atomic E-state index is -4.70. The van der Waals surface area contributed by atoms with E-state index in [4.69, 9.17) is 4.74 Å². The molecule has 2 heterocycles. The highest BCUT2D eigenvalue weighted by atomic mass is 19.4. The molecule has 0 radical (unpaired) electrons. The summed E-state index contributed by atoms with van der Waals surface area (Å²) in [6.45, 7) is 2.07. The number of rotatable bonds is 2. The summed E-state index contributed by atoms with van der Waals surface area (Å²) in [6, 6.07) is 5.06. The molecule has 2 aliphatic heterocycles. The van der Waals surface area contributed by atoms with Crippen molar-refractivity contribution in [2.75, 3.05) is 7.11 Å². The number of carbonyl (C=O) groups is 1. The highest BCUT2D eigenvalue weighted by Crippen LogP contribution is 2.44. The van der Waals surface area contributed by atoms with E-state index in [2.05, 4.69) is 10.2 Å². The van der Waals surface area contributed by atoms with Gasteiger partial charge in [-0.15, -0.1) is 5.11 Å². The van der Waals surface area contributed by atoms with Crippen molar-refractivity contribution in [1.29, 1.82) is 0 Å². The molecule has 23 heavy (non-hydrogen) atoms. The zero-order valence-corrected chi connectivity index (χ0v) is 12.5. The molecule has 2 atom stereocenters. The quantitative estimate of drug-likeness (QED) is 0.835. The number of hydrogen-bond acceptors (Lipinski definition) is 4. The number of fused-ring (bicyclic) bond motifs is 1. The zero-order valence-electron chi connectivity index (χ0n) is 12.5. The van der Waals surface area contributed by atoms with Crippen molar-refractivity contribution in [3.8, 4) is 5.75 Å². The van der Waals surface area contributed by atoms with Gasteiger partial charge in [-0.3, -0.25) is 4.79 Å². The Morgan fingerprint density at radius 3 is 2.74 bits per heavy atom. The number of azo groups is 1. The predicted octanol–water partition coefficient (Wildman–Crippen LogP) is 3.58. The first-order chi connectivity index (χ1) is 10.8. The fraction of sp³-hybridized carbons (Fsp3) is 0.400. The summed E-state index contributed by atoms with van der Waals surface area (Å²) in [4.78, 5) is 13.2. The molecule has 0 spiro atoms. The van der Waals surface area contributed by atoms with Crippen molar-refractivity contribution in [2.24, 2.45) is 16.1 Å². The van der Waals surface area contributed by atoms with Crippen LogP contribution in [0.5, 0.6) is 5.75 Å². The monoisotopic (exact) mass is 325 g/mol. The Bertz CT molecular complexity index is 712. The SMILES string of the molecule is COc1ccc2c(c1)C(C)N(C1=CN=NC(=O)C1C(F)(F)F)C2. The Hall–Kier alpha value is -2.38. The second-order valence-corrected chi connectivity index (χ2v) is 5.45. The van der Waals surface area contributed by atoms with Crippen LogP contribution in [0.15, 0.2) is 40.3 Å². The fourth-order valence-corrected chi connectivity index (χ4v) is 2.99. The average Bonchev–Trinajstić information content (AvgIpc) is 2.82. The van der Waals surface area contributed by atoms with E-state index in [1.807, 2.05) is 6.07 Å². The topological polar surface area (TPSA) is 54.3 Å². The minimum Gasteiger partial charge on any atom is -0.497 e. The molecule has 122 valence electrons. The van der Waals surface area contributed by atoms with Crippen LogP contribution in [0.2, 0.25) is 0 Å². The molecule has 8 heteroatoms. The van der Waals surface area contributed by atoms with E-state index in [0.29, 0.717) is 5.75 Å². The van der Waals surface area contributed by atoms with Crippen LogP contribution in [0.25, 0.3) is 0 Å². The third-order valence-electron chi connectivity index (χ3n) is 4.16. The smallest absolute Gasteiger partial charge is 0.406 e. The molecular formula is C15H14F3N3O2. The Labute approximate surface area is 130 Å². The van der Waals surface area contributed by atoms with Gasteiger partial charge < -0.3 is 9.64 Å². The molecule has 0 aliphatic carbocycles. The second-order valence-electron chi connectivity index (χ2n) is 5.45. The van der Waals surface area contributed by atoms with Crippen molar-refractivity contribution in [1.82, 2.24) is 4.90 Å². The summed E-state index contributed by atoms with van der Waals surface area (Å²) < 4.78 is 44.9. The second kappa shape index (κ2) is 5.36. The summed E-state index contributed by atoms with van der Waals surface area (Å²) in [5, 5.41) is 6.47. The molecule has 0 fully saturated rings. The lowest BCUT2D eigenvalue weighted by Gasteiger charge is -2.32. The van der Waals surface area contributed by atoms with E-state index in [0.717, 1.165) is 17.3 Å². The standard InChI is InChI=1S/C15H14F3N3O2/c1-8-11-5-10(23-2)4-3-9(11)7-21(8)12-6-19-20-14(22)13(12)15(16,17)18/h3-6,8,13H,7H2,1-2H3. The van der Waals surface area contributed by atoms with Gasteiger partial charge in [-0.05, 0) is 30.2 Å². The number of ether oxygens (including phenoxy) is 1. The van der Waals surface area contributed by atoms with Crippen LogP contribution < -0.4 is 4.74 Å². The van der Waals surface area contributed by atoms with Crippen LogP contribution in [-0.4, -0.2) is 24.1 Å². The Morgan fingerprint density at radius 1 is 1.35 bits per heavy atom. The zero-order chi connectivity index (χ0) is 16.8. The minimum absolute atomic E-state index is 0.167. The summed E-state index contributed by atoms with van der Waals surface area (Å²) in [6.07, 6.45) is -3.67. The Balaban J connectivity index is 1.98. The average molecular weight is 325 g/mol. The number of nitrogens with zero attached hydrogens (tertiary/aromatic N) is 3. The molecule has 0 N–H and O–H groups in total. The summed E-state index contributed by atoms with van der Waals surface area (Å²) in [7, 11) is 1.53. The van der Waals surface area contributed by atoms with Crippen LogP contribution in [0, 0.1) is 5.92 Å². The van der Waals surface area contributed by atoms with Crippen LogP contribution in [0.3, 0.4) is 0 Å². The van der Waals surface area contributed by atoms with Crippen molar-refractivity contribution in [3.05, 3.63) is 41.2 Å². The van der Waals surface area contributed by atoms with Gasteiger partial charge in [0.05, 0.1) is 25.0 Å². The summed E-state index contributed by atoms with van der Waals surface area (Å²) in [5.74, 6) is -2.91. The third kappa shape index (κ3) is 2.58. The van der Waals surface area contributed by atoms with Crippen LogP contribution in [0.1, 0.15) is 24.1 Å². The number of amides is 1. The van der Waals surface area contributed by atoms with Gasteiger partial charge in [-0.2, -0.15) is 18.3 Å². The molecule has 5 nitrogen and oxygen atoms in total. The predicted molar refractivity (Wildman–Crippen MR) is 74.4 cm³/mol. The molecule has 1 aromatic rings. The first-order valence-corrected chi connectivity index (χ1v) is 6.98. The maximum atomic E-state index is 13.3. The van der Waals surface area contributed by atoms with Crippen LogP contribution >= 0.6 is 0 Å². The third-order valence-corrected chi connectivity index (χ3v) is 4.16. The molecule has 0 saturated carbocycles. The van der Waals surface area contributed by atoms with Crippen LogP contribution in [-0.2, 0) is 11.3 Å². The number of halogens is 3. The maximum absolute atomic E-state index is 13.3. The van der Waals surface area contributed by atoms with Crippen molar-refractivity contribution in [3.63, 3.8) is 0 Å². The lowest BCUT2D eigenvalue weighted by atomic mass is 10.0. The summed E-state index contributed by atoms with van der Waals surface area (Å²) >= 11 is 0. The maximum Gasteiger partial charge on any atom is 0.406 e. The van der Waals surface area contributed by atoms with Crippen LogP contribution in [0.4, 0.5) is 13.2 Å². The highest BCUT2D eigenvalue weighted by Gasteiger charge is 2.51. The Kier molecular flexibility index (Phi) is 3.62. The van der Waals surface area contributed by atoms with Gasteiger partial charge in [0.25, 0.3) is 5.91 Å². The normalized spacial score (nSPS) is 23.8. The number of benzene rings is 1. The van der Waals surface area contributed by atoms with E-state index in [-0.39, 0.29) is 18.3 Å². The number of alkyl halides is 3. The van der Waals surface area contributed by atoms with Crippen molar-refractivity contribution in [2.45, 2.75) is 25.7 Å². The molecule has 2 aliphatic rings. The first-order valence-electron chi connectivity index (χ1n) is 6.98. The van der Waals surface area contributed by atoms with Gasteiger partial charge in [0.15, 0.2) is 5.92 Å². The fourth-order valence-electron chi connectivity index (χ4n) is 2.99. The molecule has 2 unspecified atom stereocenters. The van der Waals surface area contributed by atoms with E-state index >= 15 is 0 Å². The van der Waals surface area contributed by atoms with Gasteiger partial charge in [0, 0.05) is 6.54 Å². The molecule has 1 aromatic carbocycles. The molecule has 0 aromatic heterocycles. The summed E-state index contributed by atoms with van der Waals surface area (Å²) in [5.41, 5.74) is 1.61. The molecule has 0 bridgehead atoms. The number of hydrogen-bond donors (Lipinski definition) is 0. The van der Waals surface area contributed by atoms with E-state index in [1.54, 1.807) is 24.0 Å². The van der Waals surface area contributed by atoms with Crippen molar-refractivity contribution < 1.29 is 22.7 Å². The molecule has 1 amide bonds. The lowest BCUT2D eigenvalue weighted by molar-refractivity contribution is -0.177. The van der Waals surface area contributed by atoms with Gasteiger partial charge in [0.1, 0.15) is 5.75 Å². The largest absolute Gasteiger partial charge is 0.497 e. The Morgan fingerprint density at radius 2 is 2.09 bits per heavy atom. The van der Waals surface area contributed by atoms with Gasteiger partial charge in [0.2, 0.25) is 0 Å². The highest BCUT2D eigenvalue weighted by molar-refractivity contribution is 5.83. The van der Waals surface area contributed by atoms with Gasteiger partial charge in [-0.1, -0.05) is 6.07 Å². The van der Waals surface area contributed by atoms with E-state index < -0.39 is 18.0 Å². The van der Waals surface area contributed by atoms with E-state index in [9.17, 15) is 18.0 Å². The lowest BCUT2D eigenvalue weighted by Crippen LogP contribution is -2.39. The molecular weight excluding hydrogens is 311 g/mol. The van der Waals surface area contributed by atoms with E-state index in [1.165, 1.54) is 7.11 Å². The van der Waals surface area contributed by atoms with Crippen molar-refractivity contribution >= 4 is 5.91 Å². The number of methoxy groups -OCH3 is 1. The first kappa shape index (κ1) is 15.5. The molecule has 0 saturated heterocycles. The van der Waals surface area contributed by atoms with Gasteiger partial charge in [-0.25, -0.2) is 0 Å². The van der Waals surface area contributed by atoms with Gasteiger partial charge >= 0.3 is 6.18 Å².